The molecule has 100 valence electrons. The van der Waals surface area contributed by atoms with Gasteiger partial charge in [-0.3, -0.25) is 0 Å². The first-order valence-electron chi connectivity index (χ1n) is 5.83. The van der Waals surface area contributed by atoms with Crippen molar-refractivity contribution in [2.45, 2.75) is 12.5 Å². The Morgan fingerprint density at radius 2 is 1.95 bits per heavy atom. The molecule has 2 nitrogen and oxygen atoms in total. The fraction of sp³-hybridized carbons (Fsp3) is 0.200. The molecule has 0 fully saturated rings. The van der Waals surface area contributed by atoms with Crippen molar-refractivity contribution in [3.63, 3.8) is 0 Å². The SMILES string of the molecule is COc1cccc(COc2ccc(CCl)cc2F)c1. The molecule has 0 aliphatic heterocycles. The molecule has 0 radical (unpaired) electrons. The lowest BCUT2D eigenvalue weighted by atomic mass is 10.2. The molecule has 0 unspecified atom stereocenters. The van der Waals surface area contributed by atoms with Gasteiger partial charge in [0.25, 0.3) is 0 Å². The second-order valence-corrected chi connectivity index (χ2v) is 4.31. The molecule has 0 aliphatic carbocycles. The standard InChI is InChI=1S/C15H14ClFO2/c1-18-13-4-2-3-12(7-13)10-19-15-6-5-11(9-16)8-14(15)17/h2-8H,9-10H2,1H3. The molecular weight excluding hydrogens is 267 g/mol. The van der Waals surface area contributed by atoms with Crippen LogP contribution in [0.25, 0.3) is 0 Å². The number of halogens is 2. The van der Waals surface area contributed by atoms with Gasteiger partial charge in [0, 0.05) is 5.88 Å². The first kappa shape index (κ1) is 13.7. The lowest BCUT2D eigenvalue weighted by Gasteiger charge is -2.09. The highest BCUT2D eigenvalue weighted by Crippen LogP contribution is 2.21. The Morgan fingerprint density at radius 1 is 1.11 bits per heavy atom. The lowest BCUT2D eigenvalue weighted by Crippen LogP contribution is -1.98. The smallest absolute Gasteiger partial charge is 0.165 e. The maximum atomic E-state index is 13.7. The first-order chi connectivity index (χ1) is 9.22. The summed E-state index contributed by atoms with van der Waals surface area (Å²) in [4.78, 5) is 0. The first-order valence-corrected chi connectivity index (χ1v) is 6.36. The largest absolute Gasteiger partial charge is 0.497 e. The van der Waals surface area contributed by atoms with Crippen LogP contribution in [-0.4, -0.2) is 7.11 Å². The summed E-state index contributed by atoms with van der Waals surface area (Å²) in [6.07, 6.45) is 0. The van der Waals surface area contributed by atoms with E-state index in [0.717, 1.165) is 16.9 Å². The number of hydrogen-bond acceptors (Lipinski definition) is 2. The Labute approximate surface area is 116 Å². The van der Waals surface area contributed by atoms with Crippen LogP contribution in [0.15, 0.2) is 42.5 Å². The summed E-state index contributed by atoms with van der Waals surface area (Å²) >= 11 is 5.64. The third-order valence-electron chi connectivity index (χ3n) is 2.68. The Kier molecular flexibility index (Phi) is 4.63. The fourth-order valence-corrected chi connectivity index (χ4v) is 1.83. The summed E-state index contributed by atoms with van der Waals surface area (Å²) in [5.41, 5.74) is 1.65. The number of methoxy groups -OCH3 is 1. The van der Waals surface area contributed by atoms with Gasteiger partial charge in [0.05, 0.1) is 7.11 Å². The summed E-state index contributed by atoms with van der Waals surface area (Å²) in [5, 5.41) is 0. The summed E-state index contributed by atoms with van der Waals surface area (Å²) in [7, 11) is 1.60. The minimum Gasteiger partial charge on any atom is -0.497 e. The van der Waals surface area contributed by atoms with E-state index in [-0.39, 0.29) is 18.2 Å². The van der Waals surface area contributed by atoms with E-state index in [0.29, 0.717) is 0 Å². The van der Waals surface area contributed by atoms with Gasteiger partial charge in [-0.05, 0) is 35.4 Å². The van der Waals surface area contributed by atoms with Crippen molar-refractivity contribution in [2.75, 3.05) is 7.11 Å². The minimum atomic E-state index is -0.402. The van der Waals surface area contributed by atoms with E-state index in [1.54, 1.807) is 19.2 Å². The van der Waals surface area contributed by atoms with Crippen LogP contribution in [0, 0.1) is 5.82 Å². The van der Waals surface area contributed by atoms with Crippen molar-refractivity contribution in [1.29, 1.82) is 0 Å². The molecule has 2 aromatic carbocycles. The second kappa shape index (κ2) is 6.43. The number of benzene rings is 2. The van der Waals surface area contributed by atoms with Crippen molar-refractivity contribution in [3.05, 3.63) is 59.4 Å². The normalized spacial score (nSPS) is 10.3. The zero-order valence-electron chi connectivity index (χ0n) is 10.5. The molecule has 4 heteroatoms. The van der Waals surface area contributed by atoms with Gasteiger partial charge in [0.1, 0.15) is 12.4 Å². The van der Waals surface area contributed by atoms with Gasteiger partial charge in [-0.25, -0.2) is 4.39 Å². The van der Waals surface area contributed by atoms with E-state index >= 15 is 0 Å². The fourth-order valence-electron chi connectivity index (χ4n) is 1.67. The highest BCUT2D eigenvalue weighted by molar-refractivity contribution is 6.17. The van der Waals surface area contributed by atoms with Gasteiger partial charge in [-0.1, -0.05) is 18.2 Å². The van der Waals surface area contributed by atoms with Crippen LogP contribution in [0.2, 0.25) is 0 Å². The summed E-state index contributed by atoms with van der Waals surface area (Å²) < 4.78 is 24.2. The third-order valence-corrected chi connectivity index (χ3v) is 2.99. The predicted molar refractivity (Wildman–Crippen MR) is 73.3 cm³/mol. The summed E-state index contributed by atoms with van der Waals surface area (Å²) in [6, 6.07) is 12.2. The van der Waals surface area contributed by atoms with E-state index in [1.807, 2.05) is 24.3 Å². The molecular formula is C15H14ClFO2. The van der Waals surface area contributed by atoms with Gasteiger partial charge in [-0.2, -0.15) is 0 Å². The molecule has 0 aromatic heterocycles. The number of ether oxygens (including phenoxy) is 2. The average Bonchev–Trinajstić information content (AvgIpc) is 2.46. The minimum absolute atomic E-state index is 0.219. The van der Waals surface area contributed by atoms with Crippen molar-refractivity contribution < 1.29 is 13.9 Å². The highest BCUT2D eigenvalue weighted by Gasteiger charge is 2.05. The highest BCUT2D eigenvalue weighted by atomic mass is 35.5. The lowest BCUT2D eigenvalue weighted by molar-refractivity contribution is 0.289. The van der Waals surface area contributed by atoms with Crippen LogP contribution < -0.4 is 9.47 Å². The molecule has 0 aliphatic rings. The van der Waals surface area contributed by atoms with Crippen LogP contribution in [0.5, 0.6) is 11.5 Å². The van der Waals surface area contributed by atoms with Gasteiger partial charge >= 0.3 is 0 Å². The van der Waals surface area contributed by atoms with Crippen molar-refractivity contribution in [1.82, 2.24) is 0 Å². The zero-order chi connectivity index (χ0) is 13.7. The average molecular weight is 281 g/mol. The van der Waals surface area contributed by atoms with Gasteiger partial charge < -0.3 is 9.47 Å². The number of alkyl halides is 1. The molecule has 0 bridgehead atoms. The molecule has 0 saturated carbocycles. The van der Waals surface area contributed by atoms with Gasteiger partial charge in [-0.15, -0.1) is 11.6 Å². The number of rotatable bonds is 5. The van der Waals surface area contributed by atoms with Crippen LogP contribution in [-0.2, 0) is 12.5 Å². The molecule has 0 N–H and O–H groups in total. The zero-order valence-corrected chi connectivity index (χ0v) is 11.3. The molecule has 0 spiro atoms. The molecule has 0 amide bonds. The topological polar surface area (TPSA) is 18.5 Å². The maximum absolute atomic E-state index is 13.7. The molecule has 0 heterocycles. The van der Waals surface area contributed by atoms with Crippen LogP contribution in [0.4, 0.5) is 4.39 Å². The van der Waals surface area contributed by atoms with Crippen molar-refractivity contribution >= 4 is 11.6 Å². The molecule has 2 rings (SSSR count). The third kappa shape index (κ3) is 3.61. The second-order valence-electron chi connectivity index (χ2n) is 4.04. The van der Waals surface area contributed by atoms with E-state index in [9.17, 15) is 4.39 Å². The molecule has 0 saturated heterocycles. The quantitative estimate of drug-likeness (QED) is 0.766. The monoisotopic (exact) mass is 280 g/mol. The number of hydrogen-bond donors (Lipinski definition) is 0. The van der Waals surface area contributed by atoms with E-state index in [1.165, 1.54) is 6.07 Å². The molecule has 19 heavy (non-hydrogen) atoms. The van der Waals surface area contributed by atoms with E-state index < -0.39 is 5.82 Å². The Hall–Kier alpha value is -1.74. The van der Waals surface area contributed by atoms with Gasteiger partial charge in [0.15, 0.2) is 11.6 Å². The molecule has 2 aromatic rings. The van der Waals surface area contributed by atoms with Crippen molar-refractivity contribution in [3.8, 4) is 11.5 Å². The maximum Gasteiger partial charge on any atom is 0.165 e. The summed E-state index contributed by atoms with van der Waals surface area (Å²) in [5.74, 6) is 0.851. The Balaban J connectivity index is 2.05. The van der Waals surface area contributed by atoms with Crippen molar-refractivity contribution in [2.24, 2.45) is 0 Å². The van der Waals surface area contributed by atoms with Crippen LogP contribution in [0.3, 0.4) is 0 Å². The predicted octanol–water partition coefficient (Wildman–Crippen LogP) is 4.15. The summed E-state index contributed by atoms with van der Waals surface area (Å²) in [6.45, 7) is 0.286. The Morgan fingerprint density at radius 3 is 2.63 bits per heavy atom. The Bertz CT molecular complexity index is 558. The van der Waals surface area contributed by atoms with E-state index in [2.05, 4.69) is 0 Å². The van der Waals surface area contributed by atoms with Crippen LogP contribution >= 0.6 is 11.6 Å². The van der Waals surface area contributed by atoms with Gasteiger partial charge in [0.2, 0.25) is 0 Å². The van der Waals surface area contributed by atoms with E-state index in [4.69, 9.17) is 21.1 Å². The van der Waals surface area contributed by atoms with Crippen LogP contribution in [0.1, 0.15) is 11.1 Å². The molecule has 0 atom stereocenters.